The highest BCUT2D eigenvalue weighted by atomic mass is 16.7. The van der Waals surface area contributed by atoms with E-state index < -0.39 is 5.79 Å². The van der Waals surface area contributed by atoms with Gasteiger partial charge in [-0.2, -0.15) is 0 Å². The molecular formula is C10H18O4. The first-order chi connectivity index (χ1) is 6.64. The minimum absolute atomic E-state index is 0.196. The molecule has 0 aromatic carbocycles. The second kappa shape index (κ2) is 5.32. The van der Waals surface area contributed by atoms with Crippen molar-refractivity contribution in [3.63, 3.8) is 0 Å². The lowest BCUT2D eigenvalue weighted by molar-refractivity contribution is -0.139. The third-order valence-corrected chi connectivity index (χ3v) is 2.17. The first-order valence-corrected chi connectivity index (χ1v) is 5.01. The van der Waals surface area contributed by atoms with E-state index in [9.17, 15) is 4.79 Å². The minimum atomic E-state index is -0.427. The molecule has 0 aromatic rings. The van der Waals surface area contributed by atoms with E-state index in [0.717, 1.165) is 19.3 Å². The molecule has 0 bridgehead atoms. The first-order valence-electron chi connectivity index (χ1n) is 5.01. The zero-order chi connectivity index (χ0) is 10.4. The molecule has 82 valence electrons. The summed E-state index contributed by atoms with van der Waals surface area (Å²) >= 11 is 0. The van der Waals surface area contributed by atoms with Crippen molar-refractivity contribution in [3.8, 4) is 0 Å². The summed E-state index contributed by atoms with van der Waals surface area (Å²) in [7, 11) is 0. The number of hydrogen-bond donors (Lipinski definition) is 0. The van der Waals surface area contributed by atoms with Crippen molar-refractivity contribution in [1.82, 2.24) is 0 Å². The number of rotatable bonds is 6. The molecule has 1 atom stereocenters. The van der Waals surface area contributed by atoms with Gasteiger partial charge in [-0.05, 0) is 33.1 Å². The van der Waals surface area contributed by atoms with Gasteiger partial charge in [0.15, 0.2) is 5.79 Å². The van der Waals surface area contributed by atoms with Crippen LogP contribution in [0.2, 0.25) is 0 Å². The van der Waals surface area contributed by atoms with Gasteiger partial charge in [-0.15, -0.1) is 0 Å². The van der Waals surface area contributed by atoms with Crippen LogP contribution >= 0.6 is 0 Å². The molecule has 0 N–H and O–H groups in total. The van der Waals surface area contributed by atoms with Crippen LogP contribution in [0.5, 0.6) is 0 Å². The van der Waals surface area contributed by atoms with Gasteiger partial charge in [-0.1, -0.05) is 0 Å². The molecule has 1 aliphatic rings. The van der Waals surface area contributed by atoms with Gasteiger partial charge in [0.05, 0.1) is 19.3 Å². The maximum Gasteiger partial charge on any atom is 0.293 e. The van der Waals surface area contributed by atoms with Crippen LogP contribution in [0.25, 0.3) is 0 Å². The van der Waals surface area contributed by atoms with E-state index in [4.69, 9.17) is 9.47 Å². The molecule has 0 radical (unpaired) electrons. The molecule has 1 rings (SSSR count). The molecule has 4 heteroatoms. The Labute approximate surface area is 84.5 Å². The van der Waals surface area contributed by atoms with Gasteiger partial charge in [0.25, 0.3) is 6.47 Å². The van der Waals surface area contributed by atoms with Crippen LogP contribution in [0.1, 0.15) is 33.1 Å². The lowest BCUT2D eigenvalue weighted by Gasteiger charge is -2.16. The first kappa shape index (κ1) is 11.5. The van der Waals surface area contributed by atoms with Crippen molar-refractivity contribution < 1.29 is 19.0 Å². The maximum absolute atomic E-state index is 9.84. The van der Waals surface area contributed by atoms with Gasteiger partial charge in [0.1, 0.15) is 0 Å². The van der Waals surface area contributed by atoms with Gasteiger partial charge in [-0.25, -0.2) is 0 Å². The van der Waals surface area contributed by atoms with Crippen LogP contribution in [0.3, 0.4) is 0 Å². The molecule has 0 amide bonds. The van der Waals surface area contributed by atoms with E-state index in [1.807, 2.05) is 13.8 Å². The zero-order valence-electron chi connectivity index (χ0n) is 8.82. The Kier molecular flexibility index (Phi) is 4.35. The third kappa shape index (κ3) is 4.07. The molecule has 1 aliphatic heterocycles. The van der Waals surface area contributed by atoms with Gasteiger partial charge in [-0.3, -0.25) is 4.79 Å². The van der Waals surface area contributed by atoms with Crippen molar-refractivity contribution in [3.05, 3.63) is 0 Å². The summed E-state index contributed by atoms with van der Waals surface area (Å²) in [6, 6.07) is 0. The number of carbonyl (C=O) groups is 1. The minimum Gasteiger partial charge on any atom is -0.468 e. The second-order valence-electron chi connectivity index (χ2n) is 3.91. The van der Waals surface area contributed by atoms with Crippen LogP contribution in [-0.4, -0.2) is 31.6 Å². The van der Waals surface area contributed by atoms with E-state index >= 15 is 0 Å². The van der Waals surface area contributed by atoms with Crippen molar-refractivity contribution >= 4 is 6.47 Å². The molecule has 0 aromatic heterocycles. The predicted octanol–water partition coefficient (Wildman–Crippen LogP) is 1.48. The van der Waals surface area contributed by atoms with E-state index in [2.05, 4.69) is 4.74 Å². The topological polar surface area (TPSA) is 44.8 Å². The molecule has 1 unspecified atom stereocenters. The fraction of sp³-hybridized carbons (Fsp3) is 0.900. The van der Waals surface area contributed by atoms with E-state index in [0.29, 0.717) is 19.7 Å². The summed E-state index contributed by atoms with van der Waals surface area (Å²) in [5.74, 6) is -0.427. The van der Waals surface area contributed by atoms with Crippen molar-refractivity contribution in [2.45, 2.75) is 45.0 Å². The van der Waals surface area contributed by atoms with Crippen LogP contribution < -0.4 is 0 Å². The molecule has 0 aliphatic carbocycles. The molecular weight excluding hydrogens is 184 g/mol. The zero-order valence-corrected chi connectivity index (χ0v) is 8.82. The Bertz CT molecular complexity index is 179. The van der Waals surface area contributed by atoms with Crippen LogP contribution in [0.15, 0.2) is 0 Å². The van der Waals surface area contributed by atoms with E-state index in [1.165, 1.54) is 0 Å². The Balaban J connectivity index is 2.00. The SMILES string of the molecule is CC1(C)OCC(CCCCOC=O)O1. The van der Waals surface area contributed by atoms with Gasteiger partial charge < -0.3 is 14.2 Å². The summed E-state index contributed by atoms with van der Waals surface area (Å²) in [5, 5.41) is 0. The average molecular weight is 202 g/mol. The largest absolute Gasteiger partial charge is 0.468 e. The highest BCUT2D eigenvalue weighted by Gasteiger charge is 2.31. The molecule has 4 nitrogen and oxygen atoms in total. The van der Waals surface area contributed by atoms with Gasteiger partial charge in [0.2, 0.25) is 0 Å². The molecule has 1 fully saturated rings. The monoisotopic (exact) mass is 202 g/mol. The standard InChI is InChI=1S/C10H18O4/c1-10(2)13-7-9(14-10)5-3-4-6-12-8-11/h8-9H,3-7H2,1-2H3. The Morgan fingerprint density at radius 3 is 2.86 bits per heavy atom. The summed E-state index contributed by atoms with van der Waals surface area (Å²) < 4.78 is 15.6. The normalized spacial score (nSPS) is 24.9. The van der Waals surface area contributed by atoms with Crippen molar-refractivity contribution in [2.24, 2.45) is 0 Å². The average Bonchev–Trinajstić information content (AvgIpc) is 2.45. The molecule has 0 spiro atoms. The number of hydrogen-bond acceptors (Lipinski definition) is 4. The summed E-state index contributed by atoms with van der Waals surface area (Å²) in [6.07, 6.45) is 3.05. The summed E-state index contributed by atoms with van der Waals surface area (Å²) in [4.78, 5) is 9.84. The fourth-order valence-corrected chi connectivity index (χ4v) is 1.51. The van der Waals surface area contributed by atoms with Crippen molar-refractivity contribution in [1.29, 1.82) is 0 Å². The van der Waals surface area contributed by atoms with Gasteiger partial charge >= 0.3 is 0 Å². The second-order valence-corrected chi connectivity index (χ2v) is 3.91. The predicted molar refractivity (Wildman–Crippen MR) is 50.8 cm³/mol. The maximum atomic E-state index is 9.84. The Morgan fingerprint density at radius 2 is 2.29 bits per heavy atom. The quantitative estimate of drug-likeness (QED) is 0.483. The van der Waals surface area contributed by atoms with Gasteiger partial charge in [0, 0.05) is 0 Å². The third-order valence-electron chi connectivity index (χ3n) is 2.17. The lowest BCUT2D eigenvalue weighted by Crippen LogP contribution is -2.21. The molecule has 1 saturated heterocycles. The van der Waals surface area contributed by atoms with E-state index in [1.54, 1.807) is 0 Å². The highest BCUT2D eigenvalue weighted by molar-refractivity contribution is 5.36. The van der Waals surface area contributed by atoms with E-state index in [-0.39, 0.29) is 6.10 Å². The number of unbranched alkanes of at least 4 members (excludes halogenated alkanes) is 1. The summed E-state index contributed by atoms with van der Waals surface area (Å²) in [5.41, 5.74) is 0. The number of carbonyl (C=O) groups excluding carboxylic acids is 1. The number of ether oxygens (including phenoxy) is 3. The van der Waals surface area contributed by atoms with Crippen molar-refractivity contribution in [2.75, 3.05) is 13.2 Å². The molecule has 0 saturated carbocycles. The Hall–Kier alpha value is -0.610. The van der Waals surface area contributed by atoms with Crippen LogP contribution in [0, 0.1) is 0 Å². The lowest BCUT2D eigenvalue weighted by atomic mass is 10.2. The van der Waals surface area contributed by atoms with Crippen LogP contribution in [0.4, 0.5) is 0 Å². The molecule has 14 heavy (non-hydrogen) atoms. The fourth-order valence-electron chi connectivity index (χ4n) is 1.51. The Morgan fingerprint density at radius 1 is 1.50 bits per heavy atom. The summed E-state index contributed by atoms with van der Waals surface area (Å²) in [6.45, 7) is 5.49. The smallest absolute Gasteiger partial charge is 0.293 e. The van der Waals surface area contributed by atoms with Crippen LogP contribution in [-0.2, 0) is 19.0 Å². The highest BCUT2D eigenvalue weighted by Crippen LogP contribution is 2.24. The molecule has 1 heterocycles.